The Morgan fingerprint density at radius 2 is 1.21 bits per heavy atom. The molecule has 3 aromatic rings. The van der Waals surface area contributed by atoms with Gasteiger partial charge in [-0.05, 0) is 0 Å². The maximum absolute atomic E-state index is 6.15. The molecule has 0 amide bonds. The first-order valence-electron chi connectivity index (χ1n) is 8.16. The fraction of sp³-hybridized carbons (Fsp3) is 0.143. The van der Waals surface area contributed by atoms with Crippen molar-refractivity contribution in [1.82, 2.24) is 0 Å². The van der Waals surface area contributed by atoms with Gasteiger partial charge in [0.25, 0.3) is 0 Å². The summed E-state index contributed by atoms with van der Waals surface area (Å²) in [5, 5.41) is 0. The number of hydrogen-bond donors (Lipinski definition) is 0. The number of ether oxygens (including phenoxy) is 2. The zero-order chi connectivity index (χ0) is 16.5. The van der Waals surface area contributed by atoms with Crippen LogP contribution in [0.3, 0.4) is 0 Å². The second-order valence-electron chi connectivity index (χ2n) is 6.01. The molecule has 0 atom stereocenters. The molecule has 4 rings (SSSR count). The van der Waals surface area contributed by atoms with Crippen LogP contribution in [0.4, 0.5) is 0 Å². The van der Waals surface area contributed by atoms with E-state index in [2.05, 4.69) is 68.4 Å². The molecule has 0 aliphatic carbocycles. The van der Waals surface area contributed by atoms with Gasteiger partial charge < -0.3 is 0 Å². The predicted octanol–water partition coefficient (Wildman–Crippen LogP) is 3.10. The van der Waals surface area contributed by atoms with Gasteiger partial charge in [0, 0.05) is 0 Å². The van der Waals surface area contributed by atoms with Gasteiger partial charge in [-0.2, -0.15) is 0 Å². The molecule has 3 heteroatoms. The standard InChI is InChI=1S/C21H19AsO2/c1-15(2)23-19-12-6-3-9-16(19)22-17-10-4-7-13-20(17)24-21-14-8-5-11-18(21)22/h3-15H,1-2H3. The van der Waals surface area contributed by atoms with Crippen LogP contribution < -0.4 is 22.5 Å². The predicted molar refractivity (Wildman–Crippen MR) is 99.8 cm³/mol. The summed E-state index contributed by atoms with van der Waals surface area (Å²) in [6.45, 7) is 4.15. The topological polar surface area (TPSA) is 18.5 Å². The van der Waals surface area contributed by atoms with Crippen molar-refractivity contribution >= 4 is 27.7 Å². The zero-order valence-corrected chi connectivity index (χ0v) is 15.6. The Morgan fingerprint density at radius 3 is 1.79 bits per heavy atom. The first kappa shape index (κ1) is 15.4. The first-order chi connectivity index (χ1) is 11.7. The van der Waals surface area contributed by atoms with E-state index in [4.69, 9.17) is 9.47 Å². The van der Waals surface area contributed by atoms with E-state index in [0.29, 0.717) is 0 Å². The Balaban J connectivity index is 1.93. The summed E-state index contributed by atoms with van der Waals surface area (Å²) in [6.07, 6.45) is 0.159. The molecule has 1 heterocycles. The third-order valence-electron chi connectivity index (χ3n) is 3.90. The van der Waals surface area contributed by atoms with Crippen molar-refractivity contribution in [2.75, 3.05) is 0 Å². The minimum absolute atomic E-state index is 0.159. The molecule has 0 bridgehead atoms. The summed E-state index contributed by atoms with van der Waals surface area (Å²) < 4.78 is 16.2. The van der Waals surface area contributed by atoms with Crippen LogP contribution in [0.5, 0.6) is 17.2 Å². The quantitative estimate of drug-likeness (QED) is 0.510. The van der Waals surface area contributed by atoms with E-state index >= 15 is 0 Å². The van der Waals surface area contributed by atoms with Crippen molar-refractivity contribution < 1.29 is 9.47 Å². The van der Waals surface area contributed by atoms with Crippen molar-refractivity contribution in [1.29, 1.82) is 0 Å². The molecule has 0 spiro atoms. The molecule has 1 aliphatic rings. The molecule has 0 radical (unpaired) electrons. The molecule has 0 unspecified atom stereocenters. The number of hydrogen-bond acceptors (Lipinski definition) is 2. The third kappa shape index (κ3) is 2.72. The van der Waals surface area contributed by atoms with Crippen molar-refractivity contribution in [3.05, 3.63) is 72.8 Å². The molecule has 2 nitrogen and oxygen atoms in total. The van der Waals surface area contributed by atoms with E-state index in [1.807, 2.05) is 18.2 Å². The molecule has 3 aromatic carbocycles. The van der Waals surface area contributed by atoms with Crippen LogP contribution in [0.1, 0.15) is 13.8 Å². The molecule has 0 aromatic heterocycles. The number of para-hydroxylation sites is 3. The van der Waals surface area contributed by atoms with Gasteiger partial charge in [-0.15, -0.1) is 0 Å². The van der Waals surface area contributed by atoms with E-state index in [-0.39, 0.29) is 6.10 Å². The van der Waals surface area contributed by atoms with Crippen LogP contribution in [-0.4, -0.2) is 20.8 Å². The van der Waals surface area contributed by atoms with Gasteiger partial charge in [0.1, 0.15) is 0 Å². The van der Waals surface area contributed by atoms with Crippen molar-refractivity contribution in [3.63, 3.8) is 0 Å². The van der Waals surface area contributed by atoms with Crippen LogP contribution in [0.2, 0.25) is 0 Å². The average Bonchev–Trinajstić information content (AvgIpc) is 2.60. The number of fused-ring (bicyclic) bond motifs is 2. The molecule has 120 valence electrons. The zero-order valence-electron chi connectivity index (χ0n) is 13.8. The molecular weight excluding hydrogens is 359 g/mol. The molecule has 0 saturated carbocycles. The van der Waals surface area contributed by atoms with Gasteiger partial charge in [-0.25, -0.2) is 0 Å². The SMILES string of the molecule is CC(C)Oc1ccccc1[As]1c2ccccc2Oc2ccccc21. The summed E-state index contributed by atoms with van der Waals surface area (Å²) in [5.41, 5.74) is 0. The third-order valence-corrected chi connectivity index (χ3v) is 9.26. The Morgan fingerprint density at radius 1 is 0.708 bits per heavy atom. The van der Waals surface area contributed by atoms with Gasteiger partial charge in [0.2, 0.25) is 0 Å². The number of rotatable bonds is 3. The number of benzene rings is 3. The fourth-order valence-corrected chi connectivity index (χ4v) is 8.23. The van der Waals surface area contributed by atoms with E-state index in [1.54, 1.807) is 0 Å². The monoisotopic (exact) mass is 378 g/mol. The average molecular weight is 378 g/mol. The first-order valence-corrected chi connectivity index (χ1v) is 11.0. The normalized spacial score (nSPS) is 13.1. The van der Waals surface area contributed by atoms with E-state index in [1.165, 1.54) is 13.1 Å². The van der Waals surface area contributed by atoms with Crippen LogP contribution >= 0.6 is 0 Å². The van der Waals surface area contributed by atoms with Gasteiger partial charge in [-0.3, -0.25) is 0 Å². The molecular formula is C21H19AsO2. The summed E-state index contributed by atoms with van der Waals surface area (Å²) >= 11 is -1.72. The summed E-state index contributed by atoms with van der Waals surface area (Å²) in [7, 11) is 0. The van der Waals surface area contributed by atoms with Crippen LogP contribution in [0.25, 0.3) is 0 Å². The maximum atomic E-state index is 6.15. The Labute approximate surface area is 147 Å². The van der Waals surface area contributed by atoms with E-state index in [0.717, 1.165) is 17.2 Å². The molecule has 0 fully saturated rings. The molecule has 0 saturated heterocycles. The summed E-state index contributed by atoms with van der Waals surface area (Å²) in [6, 6.07) is 25.3. The Kier molecular flexibility index (Phi) is 4.08. The Bertz CT molecular complexity index is 827. The second-order valence-corrected chi connectivity index (χ2v) is 10.4. The molecule has 24 heavy (non-hydrogen) atoms. The minimum atomic E-state index is -1.72. The van der Waals surface area contributed by atoms with E-state index < -0.39 is 14.7 Å². The van der Waals surface area contributed by atoms with Crippen molar-refractivity contribution in [3.8, 4) is 17.2 Å². The van der Waals surface area contributed by atoms with Crippen molar-refractivity contribution in [2.24, 2.45) is 0 Å². The van der Waals surface area contributed by atoms with Crippen molar-refractivity contribution in [2.45, 2.75) is 20.0 Å². The Hall–Kier alpha value is -2.18. The van der Waals surface area contributed by atoms with Crippen LogP contribution in [0, 0.1) is 0 Å². The van der Waals surface area contributed by atoms with Gasteiger partial charge >= 0.3 is 147 Å². The van der Waals surface area contributed by atoms with Gasteiger partial charge in [-0.1, -0.05) is 0 Å². The molecule has 0 N–H and O–H groups in total. The van der Waals surface area contributed by atoms with Gasteiger partial charge in [0.05, 0.1) is 0 Å². The summed E-state index contributed by atoms with van der Waals surface area (Å²) in [4.78, 5) is 0. The summed E-state index contributed by atoms with van der Waals surface area (Å²) in [5.74, 6) is 2.96. The van der Waals surface area contributed by atoms with Crippen LogP contribution in [-0.2, 0) is 0 Å². The second kappa shape index (κ2) is 6.37. The molecule has 1 aliphatic heterocycles. The fourth-order valence-electron chi connectivity index (χ4n) is 2.96. The van der Waals surface area contributed by atoms with E-state index in [9.17, 15) is 0 Å². The van der Waals surface area contributed by atoms with Crippen LogP contribution in [0.15, 0.2) is 72.8 Å². The van der Waals surface area contributed by atoms with Gasteiger partial charge in [0.15, 0.2) is 0 Å².